The van der Waals surface area contributed by atoms with E-state index in [1.54, 1.807) is 12.1 Å². The first-order valence-corrected chi connectivity index (χ1v) is 13.2. The minimum Gasteiger partial charge on any atom is -0.508 e. The highest BCUT2D eigenvalue weighted by Crippen LogP contribution is 2.18. The number of hydrogen-bond donors (Lipinski definition) is 5. The van der Waals surface area contributed by atoms with Crippen LogP contribution in [0, 0.1) is 11.8 Å². The van der Waals surface area contributed by atoms with Crippen molar-refractivity contribution in [3.05, 3.63) is 135 Å². The van der Waals surface area contributed by atoms with Gasteiger partial charge in [0.1, 0.15) is 11.3 Å². The number of nitrogens with zero attached hydrogens (tertiary/aromatic N) is 3. The van der Waals surface area contributed by atoms with Gasteiger partial charge in [0.15, 0.2) is 11.2 Å². The van der Waals surface area contributed by atoms with Crippen molar-refractivity contribution in [3.8, 4) is 17.6 Å². The van der Waals surface area contributed by atoms with Gasteiger partial charge in [-0.2, -0.15) is 10.2 Å². The fraction of sp³-hybridized carbons (Fsp3) is 0. The Morgan fingerprint density at radius 1 is 0.822 bits per heavy atom. The third-order valence-corrected chi connectivity index (χ3v) is 6.12. The van der Waals surface area contributed by atoms with Gasteiger partial charge in [-0.15, -0.1) is 0 Å². The van der Waals surface area contributed by atoms with Crippen LogP contribution in [-0.4, -0.2) is 51.5 Å². The van der Waals surface area contributed by atoms with Gasteiger partial charge in [-0.25, -0.2) is 10.9 Å². The van der Waals surface area contributed by atoms with E-state index in [2.05, 4.69) is 37.9 Å². The number of phenols is 1. The number of aromatic nitrogens is 1. The largest absolute Gasteiger partial charge is 0.508 e. The number of phenolic OH excluding ortho intramolecular Hbond substituents is 1. The lowest BCUT2D eigenvalue weighted by Crippen LogP contribution is -2.30. The lowest BCUT2D eigenvalue weighted by Gasteiger charge is -2.05. The summed E-state index contributed by atoms with van der Waals surface area (Å²) in [6.07, 6.45) is 5.41. The summed E-state index contributed by atoms with van der Waals surface area (Å²) in [6, 6.07) is 20.2. The zero-order valence-electron chi connectivity index (χ0n) is 23.2. The predicted molar refractivity (Wildman–Crippen MR) is 167 cm³/mol. The van der Waals surface area contributed by atoms with Gasteiger partial charge in [0.2, 0.25) is 0 Å². The summed E-state index contributed by atoms with van der Waals surface area (Å²) >= 11 is 0. The number of fused-ring (bicyclic) bond motifs is 1. The Morgan fingerprint density at radius 3 is 2.22 bits per heavy atom. The molecule has 2 heterocycles. The Bertz CT molecular complexity index is 2080. The topological polar surface area (TPSA) is 187 Å². The van der Waals surface area contributed by atoms with E-state index < -0.39 is 24.4 Å². The summed E-state index contributed by atoms with van der Waals surface area (Å²) in [7, 11) is -1.83. The molecule has 220 valence electrons. The molecule has 12 nitrogen and oxygen atoms in total. The fourth-order valence-electron chi connectivity index (χ4n) is 4.00. The number of benzene rings is 3. The van der Waals surface area contributed by atoms with Gasteiger partial charge >= 0.3 is 13.0 Å². The maximum absolute atomic E-state index is 12.6. The van der Waals surface area contributed by atoms with Crippen LogP contribution in [0.4, 0.5) is 0 Å². The van der Waals surface area contributed by atoms with Crippen LogP contribution < -0.4 is 21.7 Å². The first kappa shape index (κ1) is 30.1. The maximum Gasteiger partial charge on any atom is 0.488 e. The van der Waals surface area contributed by atoms with Crippen molar-refractivity contribution < 1.29 is 29.2 Å². The number of amides is 2. The zero-order valence-corrected chi connectivity index (χ0v) is 23.2. The predicted octanol–water partition coefficient (Wildman–Crippen LogP) is 1.50. The van der Waals surface area contributed by atoms with Crippen LogP contribution in [0.5, 0.6) is 5.75 Å². The van der Waals surface area contributed by atoms with Crippen LogP contribution in [0.3, 0.4) is 0 Å². The number of hydrogen-bond acceptors (Lipinski definition) is 10. The smallest absolute Gasteiger partial charge is 0.488 e. The molecule has 13 heteroatoms. The van der Waals surface area contributed by atoms with E-state index >= 15 is 0 Å². The summed E-state index contributed by atoms with van der Waals surface area (Å²) in [5.74, 6) is 4.12. The number of aromatic hydroxyl groups is 1. The van der Waals surface area contributed by atoms with Crippen molar-refractivity contribution in [3.63, 3.8) is 0 Å². The van der Waals surface area contributed by atoms with Crippen LogP contribution in [0.15, 0.2) is 111 Å². The molecule has 5 rings (SSSR count). The molecule has 0 saturated carbocycles. The standard InChI is InChI=1S/C32H22BN5O7/c39-26-8-9-27-28(40)15-30(45-29(27)14-26)32(42)38-36-18-23-10-22(12-25(13-23)33(43)44)17-35-37-31(41)24-11-21(16-34-19-24)7-6-20-4-2-1-3-5-20/h1-5,8-19,39,43-44H,(H,37,41)(H,38,42)/b35-17+,36-18+. The highest BCUT2D eigenvalue weighted by molar-refractivity contribution is 6.58. The second kappa shape index (κ2) is 13.7. The van der Waals surface area contributed by atoms with Gasteiger partial charge in [-0.1, -0.05) is 42.2 Å². The third-order valence-electron chi connectivity index (χ3n) is 6.12. The molecule has 2 aromatic heterocycles. The summed E-state index contributed by atoms with van der Waals surface area (Å²) < 4.78 is 5.42. The van der Waals surface area contributed by atoms with Crippen molar-refractivity contribution in [1.82, 2.24) is 15.8 Å². The van der Waals surface area contributed by atoms with E-state index in [4.69, 9.17) is 4.42 Å². The van der Waals surface area contributed by atoms with Crippen molar-refractivity contribution in [2.45, 2.75) is 0 Å². The van der Waals surface area contributed by atoms with E-state index in [0.717, 1.165) is 11.6 Å². The van der Waals surface area contributed by atoms with E-state index in [1.165, 1.54) is 55.2 Å². The summed E-state index contributed by atoms with van der Waals surface area (Å²) in [5, 5.41) is 37.1. The quantitative estimate of drug-likeness (QED) is 0.0806. The highest BCUT2D eigenvalue weighted by atomic mass is 16.4. The van der Waals surface area contributed by atoms with Crippen LogP contribution >= 0.6 is 0 Å². The molecular weight excluding hydrogens is 577 g/mol. The number of rotatable bonds is 7. The van der Waals surface area contributed by atoms with Crippen LogP contribution in [-0.2, 0) is 0 Å². The molecule has 0 spiro atoms. The van der Waals surface area contributed by atoms with Crippen LogP contribution in [0.1, 0.15) is 43.2 Å². The molecular formula is C32H22BN5O7. The molecule has 3 aromatic carbocycles. The number of carbonyl (C=O) groups excluding carboxylic acids is 2. The number of nitrogens with one attached hydrogen (secondary N) is 2. The Balaban J connectivity index is 1.26. The normalized spacial score (nSPS) is 10.9. The van der Waals surface area contributed by atoms with Crippen molar-refractivity contribution in [2.75, 3.05) is 0 Å². The summed E-state index contributed by atoms with van der Waals surface area (Å²) in [5.41, 5.74) is 6.55. The fourth-order valence-corrected chi connectivity index (χ4v) is 4.00. The molecule has 0 aliphatic carbocycles. The zero-order chi connectivity index (χ0) is 31.8. The molecule has 0 fully saturated rings. The van der Waals surface area contributed by atoms with E-state index in [-0.39, 0.29) is 33.5 Å². The first-order valence-electron chi connectivity index (χ1n) is 13.2. The number of hydrazone groups is 2. The van der Waals surface area contributed by atoms with E-state index in [0.29, 0.717) is 16.7 Å². The lowest BCUT2D eigenvalue weighted by atomic mass is 9.79. The van der Waals surface area contributed by atoms with Gasteiger partial charge in [0.05, 0.1) is 23.4 Å². The molecule has 0 unspecified atom stereocenters. The monoisotopic (exact) mass is 599 g/mol. The molecule has 0 saturated heterocycles. The second-order valence-electron chi connectivity index (χ2n) is 9.44. The molecule has 0 radical (unpaired) electrons. The Labute approximate surface area is 255 Å². The molecule has 0 aliphatic heterocycles. The number of carbonyl (C=O) groups is 2. The molecule has 0 bridgehead atoms. The van der Waals surface area contributed by atoms with Crippen molar-refractivity contribution in [1.29, 1.82) is 0 Å². The average molecular weight is 599 g/mol. The second-order valence-corrected chi connectivity index (χ2v) is 9.44. The highest BCUT2D eigenvalue weighted by Gasteiger charge is 2.14. The van der Waals surface area contributed by atoms with Gasteiger partial charge in [-0.3, -0.25) is 19.4 Å². The molecule has 2 amide bonds. The Morgan fingerprint density at radius 2 is 1.51 bits per heavy atom. The van der Waals surface area contributed by atoms with Crippen molar-refractivity contribution >= 4 is 47.8 Å². The molecule has 0 atom stereocenters. The summed E-state index contributed by atoms with van der Waals surface area (Å²) in [4.78, 5) is 41.5. The Kier molecular flexibility index (Phi) is 9.20. The average Bonchev–Trinajstić information content (AvgIpc) is 3.04. The van der Waals surface area contributed by atoms with E-state index in [1.807, 2.05) is 30.3 Å². The van der Waals surface area contributed by atoms with Crippen LogP contribution in [0.25, 0.3) is 11.0 Å². The third kappa shape index (κ3) is 7.93. The van der Waals surface area contributed by atoms with Gasteiger partial charge in [0.25, 0.3) is 5.91 Å². The first-order chi connectivity index (χ1) is 21.7. The van der Waals surface area contributed by atoms with Gasteiger partial charge < -0.3 is 19.6 Å². The van der Waals surface area contributed by atoms with E-state index in [9.17, 15) is 29.5 Å². The molecule has 0 aliphatic rings. The molecule has 45 heavy (non-hydrogen) atoms. The lowest BCUT2D eigenvalue weighted by molar-refractivity contribution is 0.0926. The number of pyridine rings is 1. The van der Waals surface area contributed by atoms with Gasteiger partial charge in [0, 0.05) is 35.7 Å². The van der Waals surface area contributed by atoms with Gasteiger partial charge in [-0.05, 0) is 53.0 Å². The maximum atomic E-state index is 12.6. The Hall–Kier alpha value is -6.36. The summed E-state index contributed by atoms with van der Waals surface area (Å²) in [6.45, 7) is 0. The minimum absolute atomic E-state index is 0.0259. The molecule has 5 aromatic rings. The van der Waals surface area contributed by atoms with Crippen LogP contribution in [0.2, 0.25) is 0 Å². The SMILES string of the molecule is O=C(N/N=C/c1cc(/C=N/NC(=O)c2cc(=O)c3ccc(O)cc3o2)cc(B(O)O)c1)c1cncc(C#Cc2ccccc2)c1. The minimum atomic E-state index is -1.83. The van der Waals surface area contributed by atoms with Crippen molar-refractivity contribution in [2.24, 2.45) is 10.2 Å². The molecule has 5 N–H and O–H groups in total.